The molecular weight excluding hydrogens is 383 g/mol. The summed E-state index contributed by atoms with van der Waals surface area (Å²) in [7, 11) is -2.06. The molecule has 0 spiro atoms. The zero-order valence-corrected chi connectivity index (χ0v) is 17.1. The van der Waals surface area contributed by atoms with Crippen molar-refractivity contribution in [1.29, 1.82) is 0 Å². The van der Waals surface area contributed by atoms with Crippen molar-refractivity contribution >= 4 is 15.9 Å². The van der Waals surface area contributed by atoms with Gasteiger partial charge in [0, 0.05) is 25.7 Å². The second-order valence-corrected chi connectivity index (χ2v) is 8.06. The number of benzene rings is 2. The van der Waals surface area contributed by atoms with Crippen LogP contribution in [0.2, 0.25) is 0 Å². The van der Waals surface area contributed by atoms with E-state index in [4.69, 9.17) is 4.74 Å². The Bertz CT molecular complexity index is 914. The van der Waals surface area contributed by atoms with Crippen LogP contribution >= 0.6 is 0 Å². The Balaban J connectivity index is 2.06. The molecule has 0 aliphatic heterocycles. The normalized spacial score (nSPS) is 11.5. The SMILES string of the molecule is CCN(CC)S(=O)(=O)c1cccc(C(=O)N(C)CCOc2ccccc2F)c1. The zero-order chi connectivity index (χ0) is 20.7. The molecule has 0 aromatic heterocycles. The van der Waals surface area contributed by atoms with Crippen LogP contribution in [-0.2, 0) is 10.0 Å². The van der Waals surface area contributed by atoms with Crippen LogP contribution < -0.4 is 4.74 Å². The molecule has 0 saturated heterocycles. The number of hydrogen-bond donors (Lipinski definition) is 0. The quantitative estimate of drug-likeness (QED) is 0.640. The van der Waals surface area contributed by atoms with E-state index in [0.29, 0.717) is 13.1 Å². The first-order chi connectivity index (χ1) is 13.3. The molecule has 0 saturated carbocycles. The highest BCUT2D eigenvalue weighted by molar-refractivity contribution is 7.89. The first kappa shape index (κ1) is 21.8. The number of para-hydroxylation sites is 1. The molecule has 0 aliphatic rings. The summed E-state index contributed by atoms with van der Waals surface area (Å²) in [5.41, 5.74) is 0.265. The van der Waals surface area contributed by atoms with E-state index in [2.05, 4.69) is 0 Å². The molecule has 152 valence electrons. The van der Waals surface area contributed by atoms with Crippen molar-refractivity contribution in [2.45, 2.75) is 18.7 Å². The lowest BCUT2D eigenvalue weighted by molar-refractivity contribution is 0.0772. The number of carbonyl (C=O) groups excluding carboxylic acids is 1. The van der Waals surface area contributed by atoms with Crippen LogP contribution in [-0.4, -0.2) is 56.8 Å². The van der Waals surface area contributed by atoms with Gasteiger partial charge in [-0.2, -0.15) is 4.31 Å². The van der Waals surface area contributed by atoms with Gasteiger partial charge in [-0.25, -0.2) is 12.8 Å². The van der Waals surface area contributed by atoms with Crippen molar-refractivity contribution in [2.75, 3.05) is 33.3 Å². The Hall–Kier alpha value is -2.45. The lowest BCUT2D eigenvalue weighted by Crippen LogP contribution is -2.32. The Morgan fingerprint density at radius 2 is 1.75 bits per heavy atom. The molecule has 2 rings (SSSR count). The number of sulfonamides is 1. The highest BCUT2D eigenvalue weighted by Crippen LogP contribution is 2.18. The minimum Gasteiger partial charge on any atom is -0.489 e. The molecule has 8 heteroatoms. The van der Waals surface area contributed by atoms with Gasteiger partial charge in [-0.15, -0.1) is 0 Å². The van der Waals surface area contributed by atoms with E-state index >= 15 is 0 Å². The van der Waals surface area contributed by atoms with Gasteiger partial charge < -0.3 is 9.64 Å². The molecule has 0 atom stereocenters. The molecule has 0 aliphatic carbocycles. The maximum Gasteiger partial charge on any atom is 0.253 e. The number of halogens is 1. The Kier molecular flexibility index (Phi) is 7.53. The number of amides is 1. The average molecular weight is 408 g/mol. The lowest BCUT2D eigenvalue weighted by atomic mass is 10.2. The smallest absolute Gasteiger partial charge is 0.253 e. The third-order valence-corrected chi connectivity index (χ3v) is 6.34. The summed E-state index contributed by atoms with van der Waals surface area (Å²) < 4.78 is 45.5. The number of carbonyl (C=O) groups is 1. The lowest BCUT2D eigenvalue weighted by Gasteiger charge is -2.20. The fraction of sp³-hybridized carbons (Fsp3) is 0.350. The summed E-state index contributed by atoms with van der Waals surface area (Å²) in [4.78, 5) is 14.1. The van der Waals surface area contributed by atoms with Crippen molar-refractivity contribution < 1.29 is 22.3 Å². The standard InChI is InChI=1S/C20H25FN2O4S/c1-4-23(5-2)28(25,26)17-10-8-9-16(15-17)20(24)22(3)13-14-27-19-12-7-6-11-18(19)21/h6-12,15H,4-5,13-14H2,1-3H3. The van der Waals surface area contributed by atoms with Crippen LogP contribution in [0.3, 0.4) is 0 Å². The summed E-state index contributed by atoms with van der Waals surface area (Å²) in [6.07, 6.45) is 0. The van der Waals surface area contributed by atoms with Gasteiger partial charge in [0.25, 0.3) is 5.91 Å². The fourth-order valence-electron chi connectivity index (χ4n) is 2.68. The second-order valence-electron chi connectivity index (χ2n) is 6.12. The molecule has 2 aromatic carbocycles. The highest BCUT2D eigenvalue weighted by atomic mass is 32.2. The predicted molar refractivity (Wildman–Crippen MR) is 105 cm³/mol. The largest absolute Gasteiger partial charge is 0.489 e. The number of likely N-dealkylation sites (N-methyl/N-ethyl adjacent to an activating group) is 1. The van der Waals surface area contributed by atoms with Crippen LogP contribution in [0.25, 0.3) is 0 Å². The molecule has 0 unspecified atom stereocenters. The molecule has 1 amide bonds. The molecule has 0 bridgehead atoms. The van der Waals surface area contributed by atoms with Gasteiger partial charge in [0.2, 0.25) is 10.0 Å². The van der Waals surface area contributed by atoms with Crippen LogP contribution in [0.5, 0.6) is 5.75 Å². The molecule has 0 radical (unpaired) electrons. The van der Waals surface area contributed by atoms with Crippen LogP contribution in [0.15, 0.2) is 53.4 Å². The molecule has 2 aromatic rings. The number of rotatable bonds is 9. The Morgan fingerprint density at radius 3 is 2.39 bits per heavy atom. The van der Waals surface area contributed by atoms with Crippen molar-refractivity contribution in [3.8, 4) is 5.75 Å². The molecular formula is C20H25FN2O4S. The number of hydrogen-bond acceptors (Lipinski definition) is 4. The van der Waals surface area contributed by atoms with Gasteiger partial charge in [-0.3, -0.25) is 4.79 Å². The van der Waals surface area contributed by atoms with Crippen molar-refractivity contribution in [3.05, 3.63) is 59.9 Å². The first-order valence-corrected chi connectivity index (χ1v) is 10.5. The first-order valence-electron chi connectivity index (χ1n) is 9.04. The summed E-state index contributed by atoms with van der Waals surface area (Å²) >= 11 is 0. The Morgan fingerprint density at radius 1 is 1.07 bits per heavy atom. The van der Waals surface area contributed by atoms with Crippen LogP contribution in [0, 0.1) is 5.82 Å². The van der Waals surface area contributed by atoms with Gasteiger partial charge >= 0.3 is 0 Å². The predicted octanol–water partition coefficient (Wildman–Crippen LogP) is 3.01. The van der Waals surface area contributed by atoms with E-state index in [9.17, 15) is 17.6 Å². The van der Waals surface area contributed by atoms with E-state index in [-0.39, 0.29) is 35.3 Å². The Labute approximate surface area is 165 Å². The molecule has 0 N–H and O–H groups in total. The number of ether oxygens (including phenoxy) is 1. The van der Waals surface area contributed by atoms with E-state index in [1.165, 1.54) is 33.5 Å². The molecule has 6 nitrogen and oxygen atoms in total. The fourth-order valence-corrected chi connectivity index (χ4v) is 4.18. The van der Waals surface area contributed by atoms with E-state index in [1.54, 1.807) is 45.2 Å². The van der Waals surface area contributed by atoms with Gasteiger partial charge in [-0.1, -0.05) is 32.0 Å². The van der Waals surface area contributed by atoms with Crippen molar-refractivity contribution in [3.63, 3.8) is 0 Å². The topological polar surface area (TPSA) is 66.9 Å². The van der Waals surface area contributed by atoms with Gasteiger partial charge in [-0.05, 0) is 30.3 Å². The van der Waals surface area contributed by atoms with Gasteiger partial charge in [0.1, 0.15) is 6.61 Å². The van der Waals surface area contributed by atoms with Crippen molar-refractivity contribution in [2.24, 2.45) is 0 Å². The van der Waals surface area contributed by atoms with E-state index < -0.39 is 15.8 Å². The second kappa shape index (κ2) is 9.66. The maximum atomic E-state index is 13.6. The van der Waals surface area contributed by atoms with E-state index in [0.717, 1.165) is 0 Å². The van der Waals surface area contributed by atoms with Gasteiger partial charge in [0.15, 0.2) is 11.6 Å². The summed E-state index contributed by atoms with van der Waals surface area (Å²) in [5, 5.41) is 0. The summed E-state index contributed by atoms with van der Waals surface area (Å²) in [6, 6.07) is 12.0. The average Bonchev–Trinajstić information content (AvgIpc) is 2.69. The maximum absolute atomic E-state index is 13.6. The molecule has 0 heterocycles. The number of nitrogens with zero attached hydrogens (tertiary/aromatic N) is 2. The highest BCUT2D eigenvalue weighted by Gasteiger charge is 2.23. The summed E-state index contributed by atoms with van der Waals surface area (Å²) in [5.74, 6) is -0.685. The zero-order valence-electron chi connectivity index (χ0n) is 16.3. The summed E-state index contributed by atoms with van der Waals surface area (Å²) in [6.45, 7) is 4.56. The van der Waals surface area contributed by atoms with Gasteiger partial charge in [0.05, 0.1) is 11.4 Å². The third kappa shape index (κ3) is 5.08. The minimum absolute atomic E-state index is 0.0815. The monoisotopic (exact) mass is 408 g/mol. The minimum atomic E-state index is -3.64. The third-order valence-electron chi connectivity index (χ3n) is 4.29. The molecule has 0 fully saturated rings. The van der Waals surface area contributed by atoms with E-state index in [1.807, 2.05) is 0 Å². The van der Waals surface area contributed by atoms with Crippen LogP contribution in [0.1, 0.15) is 24.2 Å². The molecule has 28 heavy (non-hydrogen) atoms. The van der Waals surface area contributed by atoms with Crippen molar-refractivity contribution in [1.82, 2.24) is 9.21 Å². The van der Waals surface area contributed by atoms with Crippen LogP contribution in [0.4, 0.5) is 4.39 Å².